The second-order valence-electron chi connectivity index (χ2n) is 5.42. The summed E-state index contributed by atoms with van der Waals surface area (Å²) in [4.78, 5) is 13.4. The second kappa shape index (κ2) is 5.50. The predicted molar refractivity (Wildman–Crippen MR) is 92.2 cm³/mol. The molecule has 0 radical (unpaired) electrons. The molecule has 108 valence electrons. The Morgan fingerprint density at radius 1 is 0.909 bits per heavy atom. The first kappa shape index (κ1) is 13.4. The lowest BCUT2D eigenvalue weighted by molar-refractivity contribution is -0.116. The molecule has 22 heavy (non-hydrogen) atoms. The van der Waals surface area contributed by atoms with Gasteiger partial charge in [0.25, 0.3) is 0 Å². The average Bonchev–Trinajstić information content (AvgIpc) is 2.72. The van der Waals surface area contributed by atoms with Crippen LogP contribution in [-0.4, -0.2) is 5.91 Å². The van der Waals surface area contributed by atoms with Gasteiger partial charge in [-0.15, -0.1) is 11.8 Å². The van der Waals surface area contributed by atoms with Crippen LogP contribution in [0, 0.1) is 0 Å². The first-order valence-electron chi connectivity index (χ1n) is 7.34. The lowest BCUT2D eigenvalue weighted by Gasteiger charge is -2.16. The first-order valence-corrected chi connectivity index (χ1v) is 8.22. The Labute approximate surface area is 133 Å². The molecule has 0 bridgehead atoms. The molecule has 4 rings (SSSR count). The third-order valence-electron chi connectivity index (χ3n) is 3.97. The zero-order valence-electron chi connectivity index (χ0n) is 12.0. The highest BCUT2D eigenvalue weighted by Gasteiger charge is 2.24. The SMILES string of the molecule is O=C1C[C@@H](c2cccc3ccccc23)Sc2ccccc2N1. The number of hydrogen-bond acceptors (Lipinski definition) is 2. The van der Waals surface area contributed by atoms with Gasteiger partial charge in [0.15, 0.2) is 0 Å². The van der Waals surface area contributed by atoms with Crippen LogP contribution in [-0.2, 0) is 4.79 Å². The van der Waals surface area contributed by atoms with Crippen molar-refractivity contribution in [3.63, 3.8) is 0 Å². The Bertz CT molecular complexity index is 853. The molecule has 0 fully saturated rings. The quantitative estimate of drug-likeness (QED) is 0.684. The summed E-state index contributed by atoms with van der Waals surface area (Å²) in [5.41, 5.74) is 2.15. The van der Waals surface area contributed by atoms with Crippen molar-refractivity contribution in [1.82, 2.24) is 0 Å². The van der Waals surface area contributed by atoms with Crippen molar-refractivity contribution >= 4 is 34.1 Å². The van der Waals surface area contributed by atoms with Crippen LogP contribution in [0.2, 0.25) is 0 Å². The number of fused-ring (bicyclic) bond motifs is 2. The van der Waals surface area contributed by atoms with Crippen LogP contribution in [0.15, 0.2) is 71.6 Å². The molecule has 0 unspecified atom stereocenters. The molecule has 3 heteroatoms. The Balaban J connectivity index is 1.83. The van der Waals surface area contributed by atoms with E-state index in [1.54, 1.807) is 11.8 Å². The number of carbonyl (C=O) groups excluding carboxylic acids is 1. The van der Waals surface area contributed by atoms with Crippen molar-refractivity contribution < 1.29 is 4.79 Å². The average molecular weight is 305 g/mol. The molecular formula is C19H15NOS. The molecule has 0 saturated carbocycles. The highest BCUT2D eigenvalue weighted by Crippen LogP contribution is 2.45. The van der Waals surface area contributed by atoms with E-state index in [9.17, 15) is 4.79 Å². The van der Waals surface area contributed by atoms with Crippen LogP contribution >= 0.6 is 11.8 Å². The van der Waals surface area contributed by atoms with Crippen molar-refractivity contribution in [1.29, 1.82) is 0 Å². The number of nitrogens with one attached hydrogen (secondary N) is 1. The summed E-state index contributed by atoms with van der Waals surface area (Å²) >= 11 is 1.77. The third-order valence-corrected chi connectivity index (χ3v) is 5.29. The van der Waals surface area contributed by atoms with E-state index >= 15 is 0 Å². The second-order valence-corrected chi connectivity index (χ2v) is 6.67. The largest absolute Gasteiger partial charge is 0.325 e. The Morgan fingerprint density at radius 2 is 1.68 bits per heavy atom. The van der Waals surface area contributed by atoms with E-state index in [0.717, 1.165) is 10.6 Å². The maximum atomic E-state index is 12.2. The van der Waals surface area contributed by atoms with E-state index in [2.05, 4.69) is 47.8 Å². The van der Waals surface area contributed by atoms with Crippen LogP contribution in [0.4, 0.5) is 5.69 Å². The molecule has 1 aliphatic rings. The van der Waals surface area contributed by atoms with Gasteiger partial charge in [0.2, 0.25) is 5.91 Å². The molecule has 1 amide bonds. The number of thioether (sulfide) groups is 1. The van der Waals surface area contributed by atoms with Crippen LogP contribution in [0.5, 0.6) is 0 Å². The maximum absolute atomic E-state index is 12.2. The fraction of sp³-hybridized carbons (Fsp3) is 0.105. The minimum atomic E-state index is 0.0791. The van der Waals surface area contributed by atoms with Gasteiger partial charge >= 0.3 is 0 Å². The van der Waals surface area contributed by atoms with Gasteiger partial charge in [-0.1, -0.05) is 54.6 Å². The normalized spacial score (nSPS) is 17.6. The van der Waals surface area contributed by atoms with E-state index in [-0.39, 0.29) is 11.2 Å². The van der Waals surface area contributed by atoms with Gasteiger partial charge in [-0.25, -0.2) is 0 Å². The molecule has 0 aromatic heterocycles. The molecule has 0 spiro atoms. The molecule has 1 atom stereocenters. The number of para-hydroxylation sites is 1. The number of anilines is 1. The van der Waals surface area contributed by atoms with Gasteiger partial charge < -0.3 is 5.32 Å². The molecule has 1 aliphatic heterocycles. The predicted octanol–water partition coefficient (Wildman–Crippen LogP) is 5.02. The van der Waals surface area contributed by atoms with Crippen molar-refractivity contribution in [3.8, 4) is 0 Å². The van der Waals surface area contributed by atoms with E-state index in [1.165, 1.54) is 16.3 Å². The summed E-state index contributed by atoms with van der Waals surface area (Å²) in [6, 6.07) is 22.7. The minimum absolute atomic E-state index is 0.0791. The van der Waals surface area contributed by atoms with Gasteiger partial charge in [0.05, 0.1) is 5.69 Å². The molecule has 0 aliphatic carbocycles. The fourth-order valence-electron chi connectivity index (χ4n) is 2.94. The molecule has 1 heterocycles. The van der Waals surface area contributed by atoms with Crippen LogP contribution in [0.3, 0.4) is 0 Å². The van der Waals surface area contributed by atoms with Gasteiger partial charge in [-0.2, -0.15) is 0 Å². The number of carbonyl (C=O) groups is 1. The number of benzene rings is 3. The Morgan fingerprint density at radius 3 is 2.64 bits per heavy atom. The molecule has 3 aromatic carbocycles. The number of amides is 1. The third kappa shape index (κ3) is 2.38. The molecule has 3 aromatic rings. The summed E-state index contributed by atoms with van der Waals surface area (Å²) in [5.74, 6) is 0.0791. The summed E-state index contributed by atoms with van der Waals surface area (Å²) < 4.78 is 0. The Kier molecular flexibility index (Phi) is 3.35. The van der Waals surface area contributed by atoms with E-state index in [1.807, 2.05) is 24.3 Å². The van der Waals surface area contributed by atoms with Crippen molar-refractivity contribution in [2.24, 2.45) is 0 Å². The standard InChI is InChI=1S/C19H15NOS/c21-19-12-18(22-17-11-4-3-10-16(17)20-19)15-9-5-7-13-6-1-2-8-14(13)15/h1-11,18H,12H2,(H,20,21)/t18-/m0/s1. The zero-order valence-corrected chi connectivity index (χ0v) is 12.8. The van der Waals surface area contributed by atoms with Gasteiger partial charge in [0, 0.05) is 16.6 Å². The highest BCUT2D eigenvalue weighted by molar-refractivity contribution is 7.99. The first-order chi connectivity index (χ1) is 10.8. The molecule has 2 nitrogen and oxygen atoms in total. The van der Waals surface area contributed by atoms with E-state index in [0.29, 0.717) is 6.42 Å². The summed E-state index contributed by atoms with van der Waals surface area (Å²) in [5, 5.41) is 5.60. The molecular weight excluding hydrogens is 290 g/mol. The van der Waals surface area contributed by atoms with Crippen molar-refractivity contribution in [2.45, 2.75) is 16.6 Å². The summed E-state index contributed by atoms with van der Waals surface area (Å²) in [6.45, 7) is 0. The highest BCUT2D eigenvalue weighted by atomic mass is 32.2. The van der Waals surface area contributed by atoms with Gasteiger partial charge in [0.1, 0.15) is 0 Å². The number of hydrogen-bond donors (Lipinski definition) is 1. The summed E-state index contributed by atoms with van der Waals surface area (Å²) in [6.07, 6.45) is 0.493. The fourth-order valence-corrected chi connectivity index (χ4v) is 4.22. The van der Waals surface area contributed by atoms with Crippen LogP contribution < -0.4 is 5.32 Å². The van der Waals surface area contributed by atoms with E-state index in [4.69, 9.17) is 0 Å². The monoisotopic (exact) mass is 305 g/mol. The van der Waals surface area contributed by atoms with E-state index < -0.39 is 0 Å². The minimum Gasteiger partial charge on any atom is -0.325 e. The van der Waals surface area contributed by atoms with Crippen molar-refractivity contribution in [2.75, 3.05) is 5.32 Å². The maximum Gasteiger partial charge on any atom is 0.225 e. The number of rotatable bonds is 1. The lowest BCUT2D eigenvalue weighted by Crippen LogP contribution is -2.12. The van der Waals surface area contributed by atoms with Crippen molar-refractivity contribution in [3.05, 3.63) is 72.3 Å². The lowest BCUT2D eigenvalue weighted by atomic mass is 10.0. The topological polar surface area (TPSA) is 29.1 Å². The van der Waals surface area contributed by atoms with Gasteiger partial charge in [-0.05, 0) is 28.5 Å². The smallest absolute Gasteiger partial charge is 0.225 e. The zero-order chi connectivity index (χ0) is 14.9. The summed E-state index contributed by atoms with van der Waals surface area (Å²) in [7, 11) is 0. The van der Waals surface area contributed by atoms with Crippen LogP contribution in [0.1, 0.15) is 17.2 Å². The van der Waals surface area contributed by atoms with Gasteiger partial charge in [-0.3, -0.25) is 4.79 Å². The van der Waals surface area contributed by atoms with Crippen LogP contribution in [0.25, 0.3) is 10.8 Å². The Hall–Kier alpha value is -2.26. The molecule has 0 saturated heterocycles. The molecule has 1 N–H and O–H groups in total.